The minimum atomic E-state index is -4.42. The smallest absolute Gasteiger partial charge is 0.416 e. The van der Waals surface area contributed by atoms with E-state index >= 15 is 0 Å². The molecule has 9 nitrogen and oxygen atoms in total. The second-order valence-corrected chi connectivity index (χ2v) is 8.67. The van der Waals surface area contributed by atoms with E-state index in [9.17, 15) is 28.1 Å². The van der Waals surface area contributed by atoms with Gasteiger partial charge in [0.1, 0.15) is 31.2 Å². The number of ether oxygens (including phenoxy) is 2. The van der Waals surface area contributed by atoms with Crippen LogP contribution in [0.3, 0.4) is 0 Å². The van der Waals surface area contributed by atoms with Gasteiger partial charge in [-0.3, -0.25) is 4.79 Å². The van der Waals surface area contributed by atoms with Gasteiger partial charge in [-0.15, -0.1) is 0 Å². The van der Waals surface area contributed by atoms with Crippen LogP contribution in [0.2, 0.25) is 0 Å². The summed E-state index contributed by atoms with van der Waals surface area (Å²) in [6, 6.07) is 13.9. The van der Waals surface area contributed by atoms with Crippen molar-refractivity contribution >= 4 is 11.8 Å². The number of benzene rings is 2. The molecule has 1 aromatic heterocycles. The SMILES string of the molecule is Cc1ncc([N+](=O)[O-])n1CCOC(=O)CCN(C)CCC(Oc1ccc(C(F)(F)F)cc1)c1ccccc1. The van der Waals surface area contributed by atoms with Gasteiger partial charge in [-0.2, -0.15) is 13.2 Å². The highest BCUT2D eigenvalue weighted by atomic mass is 19.4. The Hall–Kier alpha value is -3.93. The van der Waals surface area contributed by atoms with Crippen molar-refractivity contribution in [2.75, 3.05) is 26.7 Å². The quantitative estimate of drug-likeness (QED) is 0.169. The summed E-state index contributed by atoms with van der Waals surface area (Å²) in [6.07, 6.45) is -3.01. The van der Waals surface area contributed by atoms with Gasteiger partial charge in [0.25, 0.3) is 0 Å². The number of imidazole rings is 1. The van der Waals surface area contributed by atoms with E-state index in [0.29, 0.717) is 31.1 Å². The molecule has 12 heteroatoms. The first-order chi connectivity index (χ1) is 18.0. The lowest BCUT2D eigenvalue weighted by atomic mass is 10.1. The molecule has 0 saturated heterocycles. The number of aromatic nitrogens is 2. The van der Waals surface area contributed by atoms with E-state index in [1.54, 1.807) is 6.92 Å². The fraction of sp³-hybridized carbons (Fsp3) is 0.385. The first-order valence-electron chi connectivity index (χ1n) is 11.9. The van der Waals surface area contributed by atoms with Crippen LogP contribution < -0.4 is 4.74 Å². The molecule has 1 unspecified atom stereocenters. The van der Waals surface area contributed by atoms with Crippen LogP contribution in [0, 0.1) is 17.0 Å². The van der Waals surface area contributed by atoms with Gasteiger partial charge < -0.3 is 24.5 Å². The van der Waals surface area contributed by atoms with Gasteiger partial charge in [-0.05, 0) is 41.8 Å². The number of hydrogen-bond acceptors (Lipinski definition) is 7. The lowest BCUT2D eigenvalue weighted by Gasteiger charge is -2.23. The summed E-state index contributed by atoms with van der Waals surface area (Å²) in [5.41, 5.74) is 0.134. The number of hydrogen-bond donors (Lipinski definition) is 0. The van der Waals surface area contributed by atoms with Gasteiger partial charge in [-0.1, -0.05) is 30.3 Å². The molecule has 0 N–H and O–H groups in total. The van der Waals surface area contributed by atoms with Crippen LogP contribution in [0.5, 0.6) is 5.75 Å². The summed E-state index contributed by atoms with van der Waals surface area (Å²) in [5.74, 6) is 0.188. The molecule has 2 aromatic carbocycles. The summed E-state index contributed by atoms with van der Waals surface area (Å²) >= 11 is 0. The standard InChI is InChI=1S/C26H29F3N4O5/c1-19-30-18-24(33(35)36)32(19)16-17-37-25(34)13-15-31(2)14-12-23(20-6-4-3-5-7-20)38-22-10-8-21(9-11-22)26(27,28)29/h3-11,18,23H,12-17H2,1-2H3. The summed E-state index contributed by atoms with van der Waals surface area (Å²) in [7, 11) is 1.84. The number of aryl methyl sites for hydroxylation is 1. The highest BCUT2D eigenvalue weighted by Crippen LogP contribution is 2.32. The van der Waals surface area contributed by atoms with Crippen molar-refractivity contribution in [1.29, 1.82) is 0 Å². The average Bonchev–Trinajstić information content (AvgIpc) is 3.26. The number of halogens is 3. The Balaban J connectivity index is 1.48. The van der Waals surface area contributed by atoms with Crippen molar-refractivity contribution in [2.45, 2.75) is 38.6 Å². The molecule has 38 heavy (non-hydrogen) atoms. The molecule has 0 aliphatic heterocycles. The van der Waals surface area contributed by atoms with E-state index in [2.05, 4.69) is 4.98 Å². The number of nitro groups is 1. The summed E-state index contributed by atoms with van der Waals surface area (Å²) in [4.78, 5) is 28.5. The summed E-state index contributed by atoms with van der Waals surface area (Å²) < 4.78 is 51.2. The molecule has 3 aromatic rings. The van der Waals surface area contributed by atoms with Crippen LogP contribution in [-0.4, -0.2) is 52.1 Å². The third-order valence-corrected chi connectivity index (χ3v) is 5.90. The Labute approximate surface area is 217 Å². The highest BCUT2D eigenvalue weighted by molar-refractivity contribution is 5.69. The maximum absolute atomic E-state index is 12.9. The largest absolute Gasteiger partial charge is 0.486 e. The maximum Gasteiger partial charge on any atom is 0.416 e. The van der Waals surface area contributed by atoms with Gasteiger partial charge in [0.05, 0.1) is 12.0 Å². The van der Waals surface area contributed by atoms with E-state index in [1.807, 2.05) is 42.3 Å². The van der Waals surface area contributed by atoms with Crippen LogP contribution in [0.15, 0.2) is 60.8 Å². The van der Waals surface area contributed by atoms with Crippen molar-refractivity contribution in [2.24, 2.45) is 0 Å². The molecule has 204 valence electrons. The third-order valence-electron chi connectivity index (χ3n) is 5.90. The van der Waals surface area contributed by atoms with Crippen molar-refractivity contribution < 1.29 is 32.4 Å². The molecular formula is C26H29F3N4O5. The fourth-order valence-corrected chi connectivity index (χ4v) is 3.78. The molecular weight excluding hydrogens is 505 g/mol. The lowest BCUT2D eigenvalue weighted by molar-refractivity contribution is -0.392. The minimum Gasteiger partial charge on any atom is -0.486 e. The fourth-order valence-electron chi connectivity index (χ4n) is 3.78. The van der Waals surface area contributed by atoms with E-state index < -0.39 is 28.7 Å². The Morgan fingerprint density at radius 3 is 2.45 bits per heavy atom. The van der Waals surface area contributed by atoms with Gasteiger partial charge in [0.15, 0.2) is 5.82 Å². The topological polar surface area (TPSA) is 99.7 Å². The molecule has 1 heterocycles. The predicted octanol–water partition coefficient (Wildman–Crippen LogP) is 5.19. The van der Waals surface area contributed by atoms with Crippen molar-refractivity contribution in [1.82, 2.24) is 14.5 Å². The number of esters is 1. The van der Waals surface area contributed by atoms with Gasteiger partial charge >= 0.3 is 18.0 Å². The average molecular weight is 535 g/mol. The number of carbonyl (C=O) groups excluding carboxylic acids is 1. The predicted molar refractivity (Wildman–Crippen MR) is 133 cm³/mol. The Morgan fingerprint density at radius 2 is 1.82 bits per heavy atom. The van der Waals surface area contributed by atoms with E-state index in [4.69, 9.17) is 9.47 Å². The van der Waals surface area contributed by atoms with Gasteiger partial charge in [-0.25, -0.2) is 9.55 Å². The third kappa shape index (κ3) is 8.30. The maximum atomic E-state index is 12.9. The van der Waals surface area contributed by atoms with Crippen molar-refractivity contribution in [3.05, 3.63) is 87.9 Å². The second-order valence-electron chi connectivity index (χ2n) is 8.67. The molecule has 0 aliphatic carbocycles. The number of rotatable bonds is 13. The molecule has 0 amide bonds. The highest BCUT2D eigenvalue weighted by Gasteiger charge is 2.30. The van der Waals surface area contributed by atoms with Crippen molar-refractivity contribution in [3.8, 4) is 5.75 Å². The zero-order valence-electron chi connectivity index (χ0n) is 21.1. The number of carbonyl (C=O) groups is 1. The monoisotopic (exact) mass is 534 g/mol. The summed E-state index contributed by atoms with van der Waals surface area (Å²) in [5, 5.41) is 11.0. The second kappa shape index (κ2) is 13.0. The summed E-state index contributed by atoms with van der Waals surface area (Å²) in [6.45, 7) is 2.70. The Bertz CT molecular complexity index is 1200. The molecule has 3 rings (SSSR count). The molecule has 0 spiro atoms. The molecule has 0 saturated carbocycles. The van der Waals surface area contributed by atoms with E-state index in [1.165, 1.54) is 16.7 Å². The molecule has 0 aliphatic rings. The minimum absolute atomic E-state index is 0.0162. The van der Waals surface area contributed by atoms with Crippen LogP contribution in [-0.2, 0) is 22.3 Å². The van der Waals surface area contributed by atoms with Crippen LogP contribution in [0.1, 0.15) is 35.9 Å². The zero-order chi connectivity index (χ0) is 27.7. The zero-order valence-corrected chi connectivity index (χ0v) is 21.1. The van der Waals surface area contributed by atoms with Gasteiger partial charge in [0, 0.05) is 26.4 Å². The number of nitrogens with zero attached hydrogens (tertiary/aromatic N) is 4. The van der Waals surface area contributed by atoms with Crippen LogP contribution in [0.4, 0.5) is 19.0 Å². The molecule has 0 bridgehead atoms. The van der Waals surface area contributed by atoms with Crippen LogP contribution in [0.25, 0.3) is 0 Å². The van der Waals surface area contributed by atoms with Gasteiger partial charge in [0.2, 0.25) is 0 Å². The first-order valence-corrected chi connectivity index (χ1v) is 11.9. The Morgan fingerprint density at radius 1 is 1.13 bits per heavy atom. The normalized spacial score (nSPS) is 12.4. The van der Waals surface area contributed by atoms with Crippen molar-refractivity contribution in [3.63, 3.8) is 0 Å². The number of alkyl halides is 3. The Kier molecular flexibility index (Phi) is 9.83. The van der Waals surface area contributed by atoms with Crippen LogP contribution >= 0.6 is 0 Å². The molecule has 0 radical (unpaired) electrons. The molecule has 0 fully saturated rings. The van der Waals surface area contributed by atoms with E-state index in [0.717, 1.165) is 23.9 Å². The molecule has 1 atom stereocenters. The van der Waals surface area contributed by atoms with E-state index in [-0.39, 0.29) is 25.4 Å². The first kappa shape index (κ1) is 28.6. The lowest BCUT2D eigenvalue weighted by Crippen LogP contribution is -2.26.